The summed E-state index contributed by atoms with van der Waals surface area (Å²) in [6, 6.07) is 12.4. The molecule has 2 heterocycles. The molecule has 0 radical (unpaired) electrons. The van der Waals surface area contributed by atoms with E-state index in [1.54, 1.807) is 38.4 Å². The number of carbonyl (C=O) groups is 1. The Balaban J connectivity index is 1.54. The van der Waals surface area contributed by atoms with Crippen LogP contribution >= 0.6 is 0 Å². The average molecular weight is 510 g/mol. The van der Waals surface area contributed by atoms with E-state index in [0.717, 1.165) is 21.2 Å². The number of amides is 1. The number of aliphatic hydroxyl groups is 1. The molecule has 8 nitrogen and oxygen atoms in total. The summed E-state index contributed by atoms with van der Waals surface area (Å²) in [5.41, 5.74) is 7.30. The van der Waals surface area contributed by atoms with Gasteiger partial charge in [-0.15, -0.1) is 0 Å². The van der Waals surface area contributed by atoms with Crippen LogP contribution in [0, 0.1) is 0 Å². The highest BCUT2D eigenvalue weighted by molar-refractivity contribution is 6.10. The van der Waals surface area contributed by atoms with Crippen LogP contribution in [0.2, 0.25) is 0 Å². The molecule has 1 aliphatic heterocycles. The Morgan fingerprint density at radius 3 is 2.59 bits per heavy atom. The second-order valence-corrected chi connectivity index (χ2v) is 9.59. The predicted molar refractivity (Wildman–Crippen MR) is 141 cm³/mol. The number of aliphatic imine (C=N–C) groups is 1. The lowest BCUT2D eigenvalue weighted by Crippen LogP contribution is -2.58. The average Bonchev–Trinajstić information content (AvgIpc) is 2.84. The van der Waals surface area contributed by atoms with E-state index in [4.69, 9.17) is 10.5 Å². The van der Waals surface area contributed by atoms with Gasteiger partial charge in [-0.25, -0.2) is 13.8 Å². The fraction of sp³-hybridized carbons (Fsp3) is 0.296. The van der Waals surface area contributed by atoms with Crippen molar-refractivity contribution in [2.45, 2.75) is 25.4 Å². The standard InChI is InChI=1S/C27H29F2N5O3/c1-26(2,36)14-31-12-21(11-30)17-4-5-19-13-32-24(10-20(19)8-17)33-22-7-6-18(9-23(22)37-3)25(35)34-15-27(28,29)16-34/h4-13,36H,14-16,30H2,1-3H3,(H,32,33). The maximum Gasteiger partial charge on any atom is 0.282 e. The number of methoxy groups -OCH3 is 1. The molecule has 1 aromatic heterocycles. The number of carbonyl (C=O) groups excluding carboxylic acids is 1. The van der Waals surface area contributed by atoms with Crippen molar-refractivity contribution in [1.82, 2.24) is 9.88 Å². The molecule has 2 aromatic carbocycles. The van der Waals surface area contributed by atoms with Crippen molar-refractivity contribution in [3.8, 4) is 5.75 Å². The van der Waals surface area contributed by atoms with Crippen LogP contribution in [0.15, 0.2) is 59.9 Å². The number of fused-ring (bicyclic) bond motifs is 1. The SMILES string of the molecule is COc1cc(C(=O)N2CC(F)(F)C2)ccc1Nc1cc2cc(C(C=NCC(C)(C)O)=CN)ccc2cn1. The number of hydrogen-bond acceptors (Lipinski definition) is 7. The van der Waals surface area contributed by atoms with Gasteiger partial charge in [-0.2, -0.15) is 0 Å². The topological polar surface area (TPSA) is 113 Å². The molecule has 194 valence electrons. The van der Waals surface area contributed by atoms with Gasteiger partial charge in [0.25, 0.3) is 11.8 Å². The normalized spacial score (nSPS) is 15.6. The fourth-order valence-electron chi connectivity index (χ4n) is 3.87. The van der Waals surface area contributed by atoms with Gasteiger partial charge in [-0.1, -0.05) is 12.1 Å². The molecular weight excluding hydrogens is 480 g/mol. The summed E-state index contributed by atoms with van der Waals surface area (Å²) in [4.78, 5) is 22.3. The van der Waals surface area contributed by atoms with E-state index in [9.17, 15) is 18.7 Å². The Bertz CT molecular complexity index is 1370. The molecule has 37 heavy (non-hydrogen) atoms. The third-order valence-electron chi connectivity index (χ3n) is 5.79. The number of alkyl halides is 2. The Labute approximate surface area is 213 Å². The van der Waals surface area contributed by atoms with Crippen LogP contribution < -0.4 is 15.8 Å². The minimum absolute atomic E-state index is 0.243. The molecule has 4 rings (SSSR count). The van der Waals surface area contributed by atoms with Crippen molar-refractivity contribution in [1.29, 1.82) is 0 Å². The van der Waals surface area contributed by atoms with Crippen molar-refractivity contribution in [2.24, 2.45) is 10.7 Å². The zero-order valence-electron chi connectivity index (χ0n) is 20.8. The first kappa shape index (κ1) is 26.0. The van der Waals surface area contributed by atoms with E-state index in [0.29, 0.717) is 22.8 Å². The van der Waals surface area contributed by atoms with Gasteiger partial charge < -0.3 is 25.8 Å². The summed E-state index contributed by atoms with van der Waals surface area (Å²) in [5.74, 6) is -2.38. The van der Waals surface area contributed by atoms with Crippen molar-refractivity contribution >= 4 is 40.0 Å². The number of allylic oxidation sites excluding steroid dienone is 1. The largest absolute Gasteiger partial charge is 0.495 e. The summed E-state index contributed by atoms with van der Waals surface area (Å²) in [5, 5.41) is 14.9. The van der Waals surface area contributed by atoms with Gasteiger partial charge in [0.2, 0.25) is 0 Å². The second-order valence-electron chi connectivity index (χ2n) is 9.59. The number of anilines is 2. The number of benzene rings is 2. The summed E-state index contributed by atoms with van der Waals surface area (Å²) >= 11 is 0. The molecule has 0 spiro atoms. The number of aromatic nitrogens is 1. The molecule has 0 unspecified atom stereocenters. The highest BCUT2D eigenvalue weighted by atomic mass is 19.3. The molecule has 0 aliphatic carbocycles. The number of nitrogens with two attached hydrogens (primary N) is 1. The molecule has 1 aliphatic rings. The van der Waals surface area contributed by atoms with E-state index in [1.807, 2.05) is 24.3 Å². The summed E-state index contributed by atoms with van der Waals surface area (Å²) in [6.07, 6.45) is 4.82. The van der Waals surface area contributed by atoms with E-state index in [-0.39, 0.29) is 12.1 Å². The first-order chi connectivity index (χ1) is 17.5. The van der Waals surface area contributed by atoms with Gasteiger partial charge in [-0.3, -0.25) is 9.79 Å². The second kappa shape index (κ2) is 10.1. The van der Waals surface area contributed by atoms with Crippen molar-refractivity contribution in [3.63, 3.8) is 0 Å². The minimum Gasteiger partial charge on any atom is -0.495 e. The number of rotatable bonds is 8. The monoisotopic (exact) mass is 509 g/mol. The number of pyridine rings is 1. The molecule has 0 atom stereocenters. The van der Waals surface area contributed by atoms with Gasteiger partial charge in [0.15, 0.2) is 0 Å². The van der Waals surface area contributed by atoms with Crippen LogP contribution in [-0.4, -0.2) is 65.4 Å². The lowest BCUT2D eigenvalue weighted by Gasteiger charge is -2.38. The van der Waals surface area contributed by atoms with E-state index < -0.39 is 30.5 Å². The number of ether oxygens (including phenoxy) is 1. The van der Waals surface area contributed by atoms with Gasteiger partial charge in [-0.05, 0) is 55.1 Å². The first-order valence-corrected chi connectivity index (χ1v) is 11.6. The number of nitrogens with one attached hydrogen (secondary N) is 1. The van der Waals surface area contributed by atoms with E-state index >= 15 is 0 Å². The molecule has 4 N–H and O–H groups in total. The molecule has 0 saturated carbocycles. The number of likely N-dealkylation sites (tertiary alicyclic amines) is 1. The number of hydrogen-bond donors (Lipinski definition) is 3. The Kier molecular flexibility index (Phi) is 7.13. The van der Waals surface area contributed by atoms with Gasteiger partial charge in [0.1, 0.15) is 11.6 Å². The Morgan fingerprint density at radius 2 is 1.95 bits per heavy atom. The molecule has 3 aromatic rings. The molecule has 1 fully saturated rings. The van der Waals surface area contributed by atoms with E-state index in [1.165, 1.54) is 19.4 Å². The van der Waals surface area contributed by atoms with Gasteiger partial charge >= 0.3 is 0 Å². The Morgan fingerprint density at radius 1 is 1.22 bits per heavy atom. The van der Waals surface area contributed by atoms with Crippen molar-refractivity contribution in [2.75, 3.05) is 32.1 Å². The van der Waals surface area contributed by atoms with Crippen LogP contribution in [0.1, 0.15) is 29.8 Å². The van der Waals surface area contributed by atoms with Crippen LogP contribution in [-0.2, 0) is 0 Å². The van der Waals surface area contributed by atoms with Crippen molar-refractivity contribution < 1.29 is 23.4 Å². The molecule has 1 saturated heterocycles. The quantitative estimate of drug-likeness (QED) is 0.392. The maximum absolute atomic E-state index is 13.2. The summed E-state index contributed by atoms with van der Waals surface area (Å²) < 4.78 is 31.7. The maximum atomic E-state index is 13.2. The highest BCUT2D eigenvalue weighted by Crippen LogP contribution is 2.32. The predicted octanol–water partition coefficient (Wildman–Crippen LogP) is 4.22. The van der Waals surface area contributed by atoms with E-state index in [2.05, 4.69) is 15.3 Å². The third kappa shape index (κ3) is 6.21. The molecular formula is C27H29F2N5O3. The fourth-order valence-corrected chi connectivity index (χ4v) is 3.87. The van der Waals surface area contributed by atoms with Crippen molar-refractivity contribution in [3.05, 3.63) is 66.0 Å². The molecule has 0 bridgehead atoms. The summed E-state index contributed by atoms with van der Waals surface area (Å²) in [6.45, 7) is 2.45. The lowest BCUT2D eigenvalue weighted by molar-refractivity contribution is -0.113. The van der Waals surface area contributed by atoms with Gasteiger partial charge in [0, 0.05) is 35.1 Å². The Hall–Kier alpha value is -4.05. The molecule has 10 heteroatoms. The first-order valence-electron chi connectivity index (χ1n) is 11.6. The van der Waals surface area contributed by atoms with Gasteiger partial charge in [0.05, 0.1) is 38.0 Å². The van der Waals surface area contributed by atoms with Crippen LogP contribution in [0.3, 0.4) is 0 Å². The van der Waals surface area contributed by atoms with Crippen LogP contribution in [0.5, 0.6) is 5.75 Å². The minimum atomic E-state index is -2.83. The third-order valence-corrected chi connectivity index (χ3v) is 5.79. The summed E-state index contributed by atoms with van der Waals surface area (Å²) in [7, 11) is 1.47. The highest BCUT2D eigenvalue weighted by Gasteiger charge is 2.46. The van der Waals surface area contributed by atoms with Crippen LogP contribution in [0.25, 0.3) is 16.3 Å². The zero-order valence-corrected chi connectivity index (χ0v) is 20.8. The zero-order chi connectivity index (χ0) is 26.8. The molecule has 1 amide bonds. The lowest BCUT2D eigenvalue weighted by atomic mass is 10.0. The van der Waals surface area contributed by atoms with Crippen LogP contribution in [0.4, 0.5) is 20.3 Å². The smallest absolute Gasteiger partial charge is 0.282 e. The number of halogens is 2. The number of nitrogens with zero attached hydrogens (tertiary/aromatic N) is 3.